The van der Waals surface area contributed by atoms with Gasteiger partial charge in [0.1, 0.15) is 12.2 Å². The lowest BCUT2D eigenvalue weighted by atomic mass is 9.99. The number of hydrogen-bond acceptors (Lipinski definition) is 7. The van der Waals surface area contributed by atoms with Crippen molar-refractivity contribution in [1.29, 1.82) is 0 Å². The first-order valence-electron chi connectivity index (χ1n) is 11.9. The van der Waals surface area contributed by atoms with Crippen LogP contribution in [0.3, 0.4) is 0 Å². The van der Waals surface area contributed by atoms with E-state index in [1.165, 1.54) is 13.8 Å². The fourth-order valence-corrected chi connectivity index (χ4v) is 9.37. The summed E-state index contributed by atoms with van der Waals surface area (Å²) in [7, 11) is -2.93. The third kappa shape index (κ3) is 6.14. The van der Waals surface area contributed by atoms with Crippen LogP contribution in [0.15, 0.2) is 65.8 Å². The van der Waals surface area contributed by atoms with Gasteiger partial charge in [-0.1, -0.05) is 86.5 Å². The molecule has 1 heterocycles. The van der Waals surface area contributed by atoms with Crippen LogP contribution >= 0.6 is 0 Å². The largest absolute Gasteiger partial charge is 0.459 e. The summed E-state index contributed by atoms with van der Waals surface area (Å²) in [5.41, 5.74) is 9.13. The number of nitrogens with zero attached hydrogens (tertiary/aromatic N) is 3. The number of azide groups is 1. The maximum atomic E-state index is 11.9. The Kier molecular flexibility index (Phi) is 8.92. The Labute approximate surface area is 212 Å². The molecule has 9 nitrogen and oxygen atoms in total. The number of esters is 2. The topological polar surface area (TPSA) is 120 Å². The molecule has 1 fully saturated rings. The lowest BCUT2D eigenvalue weighted by Crippen LogP contribution is -2.67. The fraction of sp³-hybridized carbons (Fsp3) is 0.462. The van der Waals surface area contributed by atoms with Crippen molar-refractivity contribution in [2.45, 2.75) is 70.6 Å². The minimum atomic E-state index is -2.93. The average molecular weight is 512 g/mol. The summed E-state index contributed by atoms with van der Waals surface area (Å²) in [6.07, 6.45) is -2.62. The van der Waals surface area contributed by atoms with Crippen molar-refractivity contribution in [2.75, 3.05) is 6.61 Å². The SMILES string of the molecule is CC(=O)O[C@@H]1C[C@@H](N=[N+]=[N-])[C@H](OC(C)=O)[C@@H](CO[Si](c2ccccc2)(c2ccccc2)C(C)(C)C)O1. The Morgan fingerprint density at radius 3 is 1.97 bits per heavy atom. The van der Waals surface area contributed by atoms with Crippen molar-refractivity contribution in [2.24, 2.45) is 5.11 Å². The molecule has 10 heteroatoms. The van der Waals surface area contributed by atoms with Gasteiger partial charge in [0.25, 0.3) is 8.32 Å². The Bertz CT molecular complexity index is 1050. The zero-order valence-corrected chi connectivity index (χ0v) is 22.3. The molecule has 2 aromatic rings. The Hall–Kier alpha value is -3.17. The predicted octanol–water partition coefficient (Wildman–Crippen LogP) is 3.85. The maximum absolute atomic E-state index is 11.9. The molecule has 192 valence electrons. The second-order valence-corrected chi connectivity index (χ2v) is 14.1. The smallest absolute Gasteiger partial charge is 0.304 e. The van der Waals surface area contributed by atoms with Crippen molar-refractivity contribution >= 4 is 30.6 Å². The normalized spacial score (nSPS) is 22.2. The summed E-state index contributed by atoms with van der Waals surface area (Å²) in [6, 6.07) is 19.4. The molecule has 0 aromatic heterocycles. The zero-order chi connectivity index (χ0) is 26.3. The standard InChI is InChI=1S/C26H33N3O6Si/c1-18(30)33-24-16-22(28-29-27)25(34-19(2)31)23(35-24)17-32-36(26(3,4)5,20-12-8-6-9-13-20)21-14-10-7-11-15-21/h6-15,22-25H,16-17H2,1-5H3/t22-,23-,24+,25+/m1/s1. The van der Waals surface area contributed by atoms with Crippen LogP contribution in [0.5, 0.6) is 0 Å². The van der Waals surface area contributed by atoms with Crippen LogP contribution in [0.2, 0.25) is 5.04 Å². The minimum absolute atomic E-state index is 0.0282. The lowest BCUT2D eigenvalue weighted by molar-refractivity contribution is -0.235. The van der Waals surface area contributed by atoms with E-state index >= 15 is 0 Å². The number of rotatable bonds is 8. The van der Waals surface area contributed by atoms with Crippen LogP contribution in [0, 0.1) is 0 Å². The van der Waals surface area contributed by atoms with E-state index in [2.05, 4.69) is 55.1 Å². The number of benzene rings is 2. The first kappa shape index (κ1) is 27.4. The summed E-state index contributed by atoms with van der Waals surface area (Å²) < 4.78 is 23.8. The lowest BCUT2D eigenvalue weighted by Gasteiger charge is -2.45. The van der Waals surface area contributed by atoms with Gasteiger partial charge in [0.15, 0.2) is 0 Å². The Morgan fingerprint density at radius 2 is 1.53 bits per heavy atom. The van der Waals surface area contributed by atoms with E-state index < -0.39 is 44.8 Å². The van der Waals surface area contributed by atoms with E-state index in [1.54, 1.807) is 0 Å². The third-order valence-corrected chi connectivity index (χ3v) is 11.2. The third-order valence-electron chi connectivity index (χ3n) is 6.19. The van der Waals surface area contributed by atoms with Gasteiger partial charge >= 0.3 is 11.9 Å². The van der Waals surface area contributed by atoms with Gasteiger partial charge in [-0.25, -0.2) is 0 Å². The molecule has 0 unspecified atom stereocenters. The number of carbonyl (C=O) groups is 2. The summed E-state index contributed by atoms with van der Waals surface area (Å²) in [5, 5.41) is 5.68. The molecular weight excluding hydrogens is 478 g/mol. The van der Waals surface area contributed by atoms with Gasteiger partial charge in [-0.05, 0) is 20.9 Å². The minimum Gasteiger partial charge on any atom is -0.459 e. The van der Waals surface area contributed by atoms with Crippen LogP contribution in [-0.2, 0) is 28.2 Å². The number of ether oxygens (including phenoxy) is 3. The molecule has 1 saturated heterocycles. The molecule has 36 heavy (non-hydrogen) atoms. The maximum Gasteiger partial charge on any atom is 0.304 e. The molecule has 0 radical (unpaired) electrons. The molecule has 0 aliphatic carbocycles. The molecule has 4 atom stereocenters. The molecule has 2 aromatic carbocycles. The van der Waals surface area contributed by atoms with E-state index in [1.807, 2.05) is 36.4 Å². The van der Waals surface area contributed by atoms with Gasteiger partial charge in [0.2, 0.25) is 6.29 Å². The quantitative estimate of drug-likeness (QED) is 0.175. The van der Waals surface area contributed by atoms with Crippen LogP contribution in [-0.4, -0.2) is 51.4 Å². The molecule has 0 bridgehead atoms. The second kappa shape index (κ2) is 11.7. The Balaban J connectivity index is 2.06. The van der Waals surface area contributed by atoms with Crippen LogP contribution in [0.25, 0.3) is 10.4 Å². The van der Waals surface area contributed by atoms with E-state index in [4.69, 9.17) is 24.2 Å². The van der Waals surface area contributed by atoms with Crippen molar-refractivity contribution in [3.63, 3.8) is 0 Å². The molecule has 0 spiro atoms. The fourth-order valence-electron chi connectivity index (χ4n) is 4.80. The van der Waals surface area contributed by atoms with Crippen molar-refractivity contribution in [1.82, 2.24) is 0 Å². The highest BCUT2D eigenvalue weighted by Gasteiger charge is 2.52. The molecular formula is C26H33N3O6Si. The van der Waals surface area contributed by atoms with Gasteiger partial charge < -0.3 is 18.6 Å². The summed E-state index contributed by atoms with van der Waals surface area (Å²) >= 11 is 0. The zero-order valence-electron chi connectivity index (χ0n) is 21.3. The van der Waals surface area contributed by atoms with Crippen LogP contribution in [0.4, 0.5) is 0 Å². The molecule has 0 saturated carbocycles. The van der Waals surface area contributed by atoms with Crippen molar-refractivity contribution in [3.8, 4) is 0 Å². The molecule has 1 aliphatic heterocycles. The summed E-state index contributed by atoms with van der Waals surface area (Å²) in [6.45, 7) is 9.03. The predicted molar refractivity (Wildman–Crippen MR) is 137 cm³/mol. The van der Waals surface area contributed by atoms with Crippen molar-refractivity contribution in [3.05, 3.63) is 71.1 Å². The van der Waals surface area contributed by atoms with Gasteiger partial charge in [0, 0.05) is 25.2 Å². The first-order valence-corrected chi connectivity index (χ1v) is 13.8. The van der Waals surface area contributed by atoms with Gasteiger partial charge in [0.05, 0.1) is 12.6 Å². The highest BCUT2D eigenvalue weighted by molar-refractivity contribution is 6.99. The second-order valence-electron chi connectivity index (χ2n) is 9.77. The molecule has 0 amide bonds. The highest BCUT2D eigenvalue weighted by atomic mass is 28.4. The van der Waals surface area contributed by atoms with E-state index in [0.717, 1.165) is 10.4 Å². The number of carbonyl (C=O) groups excluding carboxylic acids is 2. The highest BCUT2D eigenvalue weighted by Crippen LogP contribution is 2.37. The molecule has 0 N–H and O–H groups in total. The van der Waals surface area contributed by atoms with Gasteiger partial charge in [-0.2, -0.15) is 0 Å². The van der Waals surface area contributed by atoms with E-state index in [0.29, 0.717) is 0 Å². The molecule has 1 aliphatic rings. The summed E-state index contributed by atoms with van der Waals surface area (Å²) in [5.74, 6) is -1.07. The average Bonchev–Trinajstić information content (AvgIpc) is 2.81. The van der Waals surface area contributed by atoms with E-state index in [9.17, 15) is 9.59 Å². The van der Waals surface area contributed by atoms with Gasteiger partial charge in [-0.3, -0.25) is 9.59 Å². The molecule has 3 rings (SSSR count). The van der Waals surface area contributed by atoms with Crippen molar-refractivity contribution < 1.29 is 28.2 Å². The van der Waals surface area contributed by atoms with Crippen LogP contribution < -0.4 is 10.4 Å². The van der Waals surface area contributed by atoms with Gasteiger partial charge in [-0.15, -0.1) is 0 Å². The van der Waals surface area contributed by atoms with E-state index in [-0.39, 0.29) is 18.1 Å². The summed E-state index contributed by atoms with van der Waals surface area (Å²) in [4.78, 5) is 26.5. The Morgan fingerprint density at radius 1 is 1.00 bits per heavy atom. The number of hydrogen-bond donors (Lipinski definition) is 0. The first-order chi connectivity index (χ1) is 17.1. The van der Waals surface area contributed by atoms with Crippen LogP contribution in [0.1, 0.15) is 41.0 Å². The monoisotopic (exact) mass is 511 g/mol.